The van der Waals surface area contributed by atoms with Gasteiger partial charge in [-0.2, -0.15) is 0 Å². The summed E-state index contributed by atoms with van der Waals surface area (Å²) in [5.74, 6) is 0.915. The van der Waals surface area contributed by atoms with E-state index in [9.17, 15) is 10.1 Å². The Kier molecular flexibility index (Phi) is 5.21. The fourth-order valence-electron chi connectivity index (χ4n) is 1.69. The smallest absolute Gasteiger partial charge is 0.271 e. The average Bonchev–Trinajstić information content (AvgIpc) is 2.42. The van der Waals surface area contributed by atoms with E-state index in [4.69, 9.17) is 22.1 Å². The summed E-state index contributed by atoms with van der Waals surface area (Å²) in [5.41, 5.74) is 6.28. The number of halogens is 3. The molecule has 0 unspecified atom stereocenters. The zero-order valence-electron chi connectivity index (χ0n) is 10.5. The number of nitrogens with two attached hydrogens (primary N) is 1. The van der Waals surface area contributed by atoms with E-state index < -0.39 is 4.92 Å². The molecule has 2 aromatic carbocycles. The molecule has 0 saturated carbocycles. The predicted molar refractivity (Wildman–Crippen MR) is 87.9 cm³/mol. The van der Waals surface area contributed by atoms with Crippen molar-refractivity contribution < 1.29 is 9.66 Å². The van der Waals surface area contributed by atoms with E-state index in [0.29, 0.717) is 31.0 Å². The summed E-state index contributed by atoms with van der Waals surface area (Å²) < 4.78 is 6.70. The van der Waals surface area contributed by atoms with Gasteiger partial charge < -0.3 is 10.5 Å². The van der Waals surface area contributed by atoms with Crippen LogP contribution in [0.4, 0.5) is 5.69 Å². The molecule has 0 heterocycles. The van der Waals surface area contributed by atoms with Gasteiger partial charge in [-0.05, 0) is 44.0 Å². The van der Waals surface area contributed by atoms with Gasteiger partial charge in [0.25, 0.3) is 5.69 Å². The highest BCUT2D eigenvalue weighted by Gasteiger charge is 2.17. The van der Waals surface area contributed by atoms with Crippen LogP contribution in [0, 0.1) is 10.1 Å². The zero-order valence-corrected chi connectivity index (χ0v) is 14.4. The number of nitro groups is 1. The van der Waals surface area contributed by atoms with Crippen LogP contribution in [-0.4, -0.2) is 4.92 Å². The van der Waals surface area contributed by atoms with Crippen LogP contribution in [0.5, 0.6) is 11.5 Å². The first-order valence-corrected chi connectivity index (χ1v) is 7.69. The molecule has 0 radical (unpaired) electrons. The van der Waals surface area contributed by atoms with Gasteiger partial charge in [0.15, 0.2) is 5.75 Å². The van der Waals surface area contributed by atoms with Gasteiger partial charge in [-0.25, -0.2) is 0 Å². The van der Waals surface area contributed by atoms with Gasteiger partial charge in [0.1, 0.15) is 5.75 Å². The van der Waals surface area contributed by atoms with Crippen molar-refractivity contribution >= 4 is 49.1 Å². The summed E-state index contributed by atoms with van der Waals surface area (Å²) in [5, 5.41) is 11.3. The van der Waals surface area contributed by atoms with Crippen LogP contribution in [0.25, 0.3) is 0 Å². The SMILES string of the molecule is NCc1c(Cl)cccc1Oc1c(Br)cc([N+](=O)[O-])cc1Br. The molecule has 0 aliphatic rings. The molecule has 0 atom stereocenters. The topological polar surface area (TPSA) is 78.4 Å². The van der Waals surface area contributed by atoms with E-state index in [0.717, 1.165) is 0 Å². The number of nitro benzene ring substituents is 1. The first kappa shape index (κ1) is 16.2. The second-order valence-electron chi connectivity index (χ2n) is 4.02. The van der Waals surface area contributed by atoms with E-state index in [-0.39, 0.29) is 12.2 Å². The number of non-ortho nitro benzene ring substituents is 1. The van der Waals surface area contributed by atoms with Crippen LogP contribution >= 0.6 is 43.5 Å². The first-order chi connectivity index (χ1) is 9.93. The minimum Gasteiger partial charge on any atom is -0.455 e. The Morgan fingerprint density at radius 2 is 1.90 bits per heavy atom. The molecule has 2 aromatic rings. The molecule has 0 saturated heterocycles. The highest BCUT2D eigenvalue weighted by atomic mass is 79.9. The van der Waals surface area contributed by atoms with Gasteiger partial charge in [-0.15, -0.1) is 0 Å². The molecule has 0 amide bonds. The van der Waals surface area contributed by atoms with Gasteiger partial charge in [0, 0.05) is 29.3 Å². The lowest BCUT2D eigenvalue weighted by Gasteiger charge is -2.13. The molecular weight excluding hydrogens is 427 g/mol. The van der Waals surface area contributed by atoms with E-state index in [2.05, 4.69) is 31.9 Å². The molecule has 0 bridgehead atoms. The van der Waals surface area contributed by atoms with Crippen molar-refractivity contribution in [3.8, 4) is 11.5 Å². The van der Waals surface area contributed by atoms with Gasteiger partial charge in [0.2, 0.25) is 0 Å². The number of ether oxygens (including phenoxy) is 1. The lowest BCUT2D eigenvalue weighted by Crippen LogP contribution is -2.01. The number of hydrogen-bond acceptors (Lipinski definition) is 4. The fraction of sp³-hybridized carbons (Fsp3) is 0.0769. The Morgan fingerprint density at radius 1 is 1.29 bits per heavy atom. The van der Waals surface area contributed by atoms with E-state index in [1.807, 2.05) is 0 Å². The van der Waals surface area contributed by atoms with Crippen molar-refractivity contribution in [2.75, 3.05) is 0 Å². The van der Waals surface area contributed by atoms with Crippen molar-refractivity contribution in [3.63, 3.8) is 0 Å². The summed E-state index contributed by atoms with van der Waals surface area (Å²) >= 11 is 12.6. The monoisotopic (exact) mass is 434 g/mol. The third-order valence-electron chi connectivity index (χ3n) is 2.69. The maximum absolute atomic E-state index is 10.8. The summed E-state index contributed by atoms with van der Waals surface area (Å²) in [6.45, 7) is 0.219. The van der Waals surface area contributed by atoms with Crippen molar-refractivity contribution in [3.05, 3.63) is 60.0 Å². The minimum atomic E-state index is -0.482. The Balaban J connectivity index is 2.45. The Labute approximate surface area is 142 Å². The normalized spacial score (nSPS) is 10.5. The average molecular weight is 436 g/mol. The highest BCUT2D eigenvalue weighted by molar-refractivity contribution is 9.11. The largest absolute Gasteiger partial charge is 0.455 e. The van der Waals surface area contributed by atoms with Crippen LogP contribution in [0.2, 0.25) is 5.02 Å². The maximum Gasteiger partial charge on any atom is 0.271 e. The fourth-order valence-corrected chi connectivity index (χ4v) is 3.26. The summed E-state index contributed by atoms with van der Waals surface area (Å²) in [6, 6.07) is 7.93. The number of hydrogen-bond donors (Lipinski definition) is 1. The summed E-state index contributed by atoms with van der Waals surface area (Å²) in [4.78, 5) is 10.3. The lowest BCUT2D eigenvalue weighted by molar-refractivity contribution is -0.385. The molecule has 21 heavy (non-hydrogen) atoms. The molecule has 8 heteroatoms. The highest BCUT2D eigenvalue weighted by Crippen LogP contribution is 2.41. The van der Waals surface area contributed by atoms with Crippen LogP contribution in [0.1, 0.15) is 5.56 Å². The molecule has 110 valence electrons. The molecule has 2 N–H and O–H groups in total. The lowest BCUT2D eigenvalue weighted by atomic mass is 10.2. The molecule has 2 rings (SSSR count). The van der Waals surface area contributed by atoms with Crippen molar-refractivity contribution in [2.24, 2.45) is 5.73 Å². The number of rotatable bonds is 4. The first-order valence-electron chi connectivity index (χ1n) is 5.72. The molecule has 0 aliphatic carbocycles. The third-order valence-corrected chi connectivity index (χ3v) is 4.22. The Morgan fingerprint density at radius 3 is 2.43 bits per heavy atom. The van der Waals surface area contributed by atoms with Gasteiger partial charge in [-0.1, -0.05) is 17.7 Å². The zero-order chi connectivity index (χ0) is 15.6. The Hall–Kier alpha value is -1.15. The van der Waals surface area contributed by atoms with Crippen LogP contribution in [-0.2, 0) is 6.54 Å². The quantitative estimate of drug-likeness (QED) is 0.539. The van der Waals surface area contributed by atoms with Crippen LogP contribution in [0.15, 0.2) is 39.3 Å². The number of nitrogens with zero attached hydrogens (tertiary/aromatic N) is 1. The van der Waals surface area contributed by atoms with Crippen molar-refractivity contribution in [1.82, 2.24) is 0 Å². The van der Waals surface area contributed by atoms with Crippen molar-refractivity contribution in [1.29, 1.82) is 0 Å². The Bertz CT molecular complexity index is 687. The molecule has 0 aromatic heterocycles. The minimum absolute atomic E-state index is 0.0498. The molecule has 0 spiro atoms. The standard InChI is InChI=1S/C13H9Br2ClN2O3/c14-9-4-7(18(19)20)5-10(15)13(9)21-12-3-1-2-11(16)8(12)6-17/h1-5H,6,17H2. The van der Waals surface area contributed by atoms with Gasteiger partial charge in [0.05, 0.1) is 13.9 Å². The van der Waals surface area contributed by atoms with Gasteiger partial charge >= 0.3 is 0 Å². The third kappa shape index (κ3) is 3.55. The summed E-state index contributed by atoms with van der Waals surface area (Å²) in [6.07, 6.45) is 0. The van der Waals surface area contributed by atoms with Crippen LogP contribution < -0.4 is 10.5 Å². The second-order valence-corrected chi connectivity index (χ2v) is 6.13. The van der Waals surface area contributed by atoms with Crippen LogP contribution in [0.3, 0.4) is 0 Å². The second kappa shape index (κ2) is 6.74. The van der Waals surface area contributed by atoms with Gasteiger partial charge in [-0.3, -0.25) is 10.1 Å². The molecular formula is C13H9Br2ClN2O3. The maximum atomic E-state index is 10.8. The van der Waals surface area contributed by atoms with E-state index in [1.165, 1.54) is 12.1 Å². The molecule has 5 nitrogen and oxygen atoms in total. The predicted octanol–water partition coefficient (Wildman–Crippen LogP) is 5.02. The van der Waals surface area contributed by atoms with Crippen molar-refractivity contribution in [2.45, 2.75) is 6.54 Å². The van der Waals surface area contributed by atoms with E-state index in [1.54, 1.807) is 18.2 Å². The molecule has 0 aliphatic heterocycles. The molecule has 0 fully saturated rings. The number of benzene rings is 2. The van der Waals surface area contributed by atoms with E-state index >= 15 is 0 Å². The summed E-state index contributed by atoms with van der Waals surface area (Å²) in [7, 11) is 0.